The molecule has 0 aliphatic carbocycles. The lowest BCUT2D eigenvalue weighted by atomic mass is 10.1. The van der Waals surface area contributed by atoms with E-state index in [1.54, 1.807) is 10.9 Å². The molecular formula is C22H17F3N8O2. The second-order valence-corrected chi connectivity index (χ2v) is 7.54. The van der Waals surface area contributed by atoms with E-state index in [9.17, 15) is 18.0 Å². The maximum Gasteiger partial charge on any atom is 0.573 e. The van der Waals surface area contributed by atoms with Crippen LogP contribution in [0.1, 0.15) is 10.5 Å². The first-order valence-electron chi connectivity index (χ1n) is 10.3. The van der Waals surface area contributed by atoms with Gasteiger partial charge in [0.15, 0.2) is 5.82 Å². The number of ether oxygens (including phenoxy) is 1. The van der Waals surface area contributed by atoms with Crippen molar-refractivity contribution in [1.82, 2.24) is 35.3 Å². The summed E-state index contributed by atoms with van der Waals surface area (Å²) in [4.78, 5) is 20.4. The zero-order chi connectivity index (χ0) is 24.6. The Balaban J connectivity index is 1.28. The number of nitrogens with zero attached hydrogens (tertiary/aromatic N) is 5. The third-order valence-corrected chi connectivity index (χ3v) is 5.17. The number of halogens is 3. The Hall–Kier alpha value is -4.68. The molecule has 1 amide bonds. The molecule has 0 saturated heterocycles. The monoisotopic (exact) mass is 482 g/mol. The summed E-state index contributed by atoms with van der Waals surface area (Å²) in [7, 11) is 0. The fourth-order valence-electron chi connectivity index (χ4n) is 3.62. The van der Waals surface area contributed by atoms with E-state index < -0.39 is 18.0 Å². The molecule has 13 heteroatoms. The van der Waals surface area contributed by atoms with Gasteiger partial charge in [0.1, 0.15) is 17.0 Å². The molecule has 178 valence electrons. The molecule has 0 radical (unpaired) electrons. The summed E-state index contributed by atoms with van der Waals surface area (Å²) in [6.07, 6.45) is -0.508. The summed E-state index contributed by atoms with van der Waals surface area (Å²) in [5.41, 5.74) is 9.12. The smallest absolute Gasteiger partial charge is 0.404 e. The fourth-order valence-corrected chi connectivity index (χ4v) is 3.62. The standard InChI is InChI=1S/C22H17F3N8O2/c23-22(24,25)35-13-2-4-17(28-10-13)21(34)27-7-8-33-11-15-14-3-1-12(16-5-6-29-31-16)9-18(14)30-20(26)19(15)32-33/h1-6,9-11H,7-8H2,(H2,26,30)(H,27,34)(H,29,31). The number of nitrogens with one attached hydrogen (secondary N) is 2. The van der Waals surface area contributed by atoms with Crippen molar-refractivity contribution >= 4 is 33.5 Å². The normalized spacial score (nSPS) is 11.7. The Bertz CT molecular complexity index is 1510. The van der Waals surface area contributed by atoms with E-state index in [-0.39, 0.29) is 18.1 Å². The second-order valence-electron chi connectivity index (χ2n) is 7.54. The van der Waals surface area contributed by atoms with Crippen LogP contribution in [0, 0.1) is 0 Å². The highest BCUT2D eigenvalue weighted by Gasteiger charge is 2.31. The number of H-pyrrole nitrogens is 1. The first-order chi connectivity index (χ1) is 16.8. The van der Waals surface area contributed by atoms with Crippen molar-refractivity contribution in [3.63, 3.8) is 0 Å². The minimum absolute atomic E-state index is 0.0438. The van der Waals surface area contributed by atoms with Gasteiger partial charge >= 0.3 is 6.36 Å². The maximum atomic E-state index is 12.3. The molecule has 5 rings (SSSR count). The number of pyridine rings is 2. The number of alkyl halides is 3. The Morgan fingerprint density at radius 2 is 2.03 bits per heavy atom. The summed E-state index contributed by atoms with van der Waals surface area (Å²) in [5.74, 6) is -0.770. The van der Waals surface area contributed by atoms with Gasteiger partial charge in [-0.05, 0) is 24.3 Å². The van der Waals surface area contributed by atoms with Crippen LogP contribution in [-0.4, -0.2) is 48.8 Å². The number of hydrogen-bond acceptors (Lipinski definition) is 7. The van der Waals surface area contributed by atoms with Gasteiger partial charge in [-0.2, -0.15) is 10.2 Å². The molecule has 5 aromatic rings. The molecule has 0 unspecified atom stereocenters. The van der Waals surface area contributed by atoms with Gasteiger partial charge in [-0.25, -0.2) is 9.97 Å². The molecule has 0 atom stereocenters. The third kappa shape index (κ3) is 4.69. The summed E-state index contributed by atoms with van der Waals surface area (Å²) in [6, 6.07) is 9.82. The predicted octanol–water partition coefficient (Wildman–Crippen LogP) is 3.28. The first-order valence-corrected chi connectivity index (χ1v) is 10.3. The minimum atomic E-state index is -4.83. The molecule has 4 heterocycles. The maximum absolute atomic E-state index is 12.3. The number of hydrogen-bond donors (Lipinski definition) is 3. The van der Waals surface area contributed by atoms with Crippen molar-refractivity contribution in [3.8, 4) is 17.0 Å². The molecule has 1 aromatic carbocycles. The van der Waals surface area contributed by atoms with E-state index in [1.807, 2.05) is 30.5 Å². The molecule has 0 aliphatic rings. The van der Waals surface area contributed by atoms with Gasteiger partial charge in [-0.15, -0.1) is 13.2 Å². The number of rotatable bonds is 6. The van der Waals surface area contributed by atoms with Gasteiger partial charge < -0.3 is 15.8 Å². The van der Waals surface area contributed by atoms with E-state index in [4.69, 9.17) is 5.73 Å². The van der Waals surface area contributed by atoms with E-state index in [0.717, 1.165) is 40.4 Å². The highest BCUT2D eigenvalue weighted by molar-refractivity contribution is 6.08. The summed E-state index contributed by atoms with van der Waals surface area (Å²) in [6.45, 7) is 0.521. The van der Waals surface area contributed by atoms with Crippen molar-refractivity contribution in [2.45, 2.75) is 12.9 Å². The molecule has 0 spiro atoms. The van der Waals surface area contributed by atoms with E-state index in [2.05, 4.69) is 35.3 Å². The van der Waals surface area contributed by atoms with Crippen LogP contribution in [0.15, 0.2) is 55.0 Å². The van der Waals surface area contributed by atoms with Crippen LogP contribution in [0.3, 0.4) is 0 Å². The number of fused-ring (bicyclic) bond motifs is 3. The van der Waals surface area contributed by atoms with Gasteiger partial charge in [0, 0.05) is 35.3 Å². The lowest BCUT2D eigenvalue weighted by Crippen LogP contribution is -2.28. The van der Waals surface area contributed by atoms with Crippen molar-refractivity contribution in [2.24, 2.45) is 0 Å². The fraction of sp³-hybridized carbons (Fsp3) is 0.136. The summed E-state index contributed by atoms with van der Waals surface area (Å²) >= 11 is 0. The molecule has 4 aromatic heterocycles. The Labute approximate surface area is 194 Å². The second kappa shape index (κ2) is 8.59. The van der Waals surface area contributed by atoms with Crippen LogP contribution < -0.4 is 15.8 Å². The summed E-state index contributed by atoms with van der Waals surface area (Å²) in [5, 5.41) is 15.7. The number of amides is 1. The molecular weight excluding hydrogens is 465 g/mol. The molecule has 0 saturated carbocycles. The zero-order valence-corrected chi connectivity index (χ0v) is 17.9. The number of anilines is 1. The quantitative estimate of drug-likeness (QED) is 0.338. The van der Waals surface area contributed by atoms with Crippen LogP contribution in [0.2, 0.25) is 0 Å². The zero-order valence-electron chi connectivity index (χ0n) is 17.9. The van der Waals surface area contributed by atoms with Gasteiger partial charge in [-0.3, -0.25) is 14.6 Å². The SMILES string of the molecule is Nc1nc2cc(-c3ccn[nH]3)ccc2c2cn(CCNC(=O)c3ccc(OC(F)(F)F)cn3)nc12. The number of aromatic amines is 1. The van der Waals surface area contributed by atoms with E-state index >= 15 is 0 Å². The predicted molar refractivity (Wildman–Crippen MR) is 120 cm³/mol. The molecule has 0 fully saturated rings. The van der Waals surface area contributed by atoms with Gasteiger partial charge in [-0.1, -0.05) is 12.1 Å². The average Bonchev–Trinajstić information content (AvgIpc) is 3.49. The van der Waals surface area contributed by atoms with Crippen molar-refractivity contribution < 1.29 is 22.7 Å². The van der Waals surface area contributed by atoms with Gasteiger partial charge in [0.05, 0.1) is 24.0 Å². The lowest BCUT2D eigenvalue weighted by molar-refractivity contribution is -0.274. The van der Waals surface area contributed by atoms with Crippen molar-refractivity contribution in [1.29, 1.82) is 0 Å². The van der Waals surface area contributed by atoms with Crippen molar-refractivity contribution in [2.75, 3.05) is 12.3 Å². The number of nitrogen functional groups attached to an aromatic ring is 1. The highest BCUT2D eigenvalue weighted by atomic mass is 19.4. The molecule has 10 nitrogen and oxygen atoms in total. The molecule has 35 heavy (non-hydrogen) atoms. The number of nitrogens with two attached hydrogens (primary N) is 1. The van der Waals surface area contributed by atoms with Crippen molar-refractivity contribution in [3.05, 3.63) is 60.7 Å². The minimum Gasteiger partial charge on any atom is -0.404 e. The Morgan fingerprint density at radius 1 is 1.17 bits per heavy atom. The topological polar surface area (TPSA) is 137 Å². The van der Waals surface area contributed by atoms with Crippen LogP contribution >= 0.6 is 0 Å². The lowest BCUT2D eigenvalue weighted by Gasteiger charge is -2.09. The molecule has 4 N–H and O–H groups in total. The number of carbonyl (C=O) groups excluding carboxylic acids is 1. The van der Waals surface area contributed by atoms with Gasteiger partial charge in [0.25, 0.3) is 5.91 Å². The van der Waals surface area contributed by atoms with Crippen LogP contribution in [0.5, 0.6) is 5.75 Å². The Morgan fingerprint density at radius 3 is 2.74 bits per heavy atom. The summed E-state index contributed by atoms with van der Waals surface area (Å²) < 4.78 is 42.1. The van der Waals surface area contributed by atoms with E-state index in [0.29, 0.717) is 17.6 Å². The number of aromatic nitrogens is 6. The first kappa shape index (κ1) is 22.1. The largest absolute Gasteiger partial charge is 0.573 e. The van der Waals surface area contributed by atoms with Gasteiger partial charge in [0.2, 0.25) is 0 Å². The number of benzene rings is 1. The molecule has 0 aliphatic heterocycles. The third-order valence-electron chi connectivity index (χ3n) is 5.17. The van der Waals surface area contributed by atoms with Crippen LogP contribution in [0.25, 0.3) is 33.1 Å². The van der Waals surface area contributed by atoms with Crippen LogP contribution in [-0.2, 0) is 6.54 Å². The number of carbonyl (C=O) groups is 1. The molecule has 0 bridgehead atoms. The van der Waals surface area contributed by atoms with Crippen LogP contribution in [0.4, 0.5) is 19.0 Å². The average molecular weight is 482 g/mol. The highest BCUT2D eigenvalue weighted by Crippen LogP contribution is 2.30. The Kier molecular flexibility index (Phi) is 5.43. The van der Waals surface area contributed by atoms with E-state index in [1.165, 1.54) is 0 Å².